The lowest BCUT2D eigenvalue weighted by atomic mass is 10.3. The van der Waals surface area contributed by atoms with Crippen molar-refractivity contribution in [3.8, 4) is 0 Å². The molecular weight excluding hydrogens is 308 g/mol. The van der Waals surface area contributed by atoms with Gasteiger partial charge in [0, 0.05) is 31.7 Å². The van der Waals surface area contributed by atoms with Gasteiger partial charge < -0.3 is 5.73 Å². The van der Waals surface area contributed by atoms with Gasteiger partial charge in [-0.1, -0.05) is 11.8 Å². The van der Waals surface area contributed by atoms with Gasteiger partial charge in [-0.05, 0) is 31.2 Å². The van der Waals surface area contributed by atoms with Gasteiger partial charge in [-0.3, -0.25) is 4.68 Å². The number of hydrogen-bond acceptors (Lipinski definition) is 5. The Labute approximate surface area is 129 Å². The molecule has 0 amide bonds. The zero-order chi connectivity index (χ0) is 15.8. The average Bonchev–Trinajstić information content (AvgIpc) is 2.70. The fourth-order valence-corrected chi connectivity index (χ4v) is 3.66. The van der Waals surface area contributed by atoms with Crippen LogP contribution < -0.4 is 5.73 Å². The molecule has 114 valence electrons. The van der Waals surface area contributed by atoms with Gasteiger partial charge in [-0.15, -0.1) is 0 Å². The van der Waals surface area contributed by atoms with E-state index in [4.69, 9.17) is 5.73 Å². The number of hydrogen-bond donors (Lipinski definition) is 1. The number of benzene rings is 1. The highest BCUT2D eigenvalue weighted by atomic mass is 32.2. The van der Waals surface area contributed by atoms with Crippen LogP contribution in [-0.4, -0.2) is 36.6 Å². The van der Waals surface area contributed by atoms with E-state index in [-0.39, 0.29) is 4.90 Å². The lowest BCUT2D eigenvalue weighted by Crippen LogP contribution is -2.22. The van der Waals surface area contributed by atoms with Crippen molar-refractivity contribution in [2.45, 2.75) is 21.7 Å². The molecule has 0 saturated carbocycles. The molecule has 6 nitrogen and oxygen atoms in total. The van der Waals surface area contributed by atoms with Crippen LogP contribution >= 0.6 is 11.8 Å². The topological polar surface area (TPSA) is 81.2 Å². The zero-order valence-electron chi connectivity index (χ0n) is 12.4. The van der Waals surface area contributed by atoms with Crippen LogP contribution in [0.2, 0.25) is 0 Å². The predicted octanol–water partition coefficient (Wildman–Crippen LogP) is 1.71. The molecule has 0 aliphatic carbocycles. The Hall–Kier alpha value is -1.51. The minimum absolute atomic E-state index is 0.190. The molecule has 0 atom stereocenters. The third-order valence-corrected chi connectivity index (χ3v) is 5.93. The van der Waals surface area contributed by atoms with E-state index in [2.05, 4.69) is 5.10 Å². The molecule has 0 bridgehead atoms. The maximum atomic E-state index is 12.1. The summed E-state index contributed by atoms with van der Waals surface area (Å²) in [6.07, 6.45) is 0. The van der Waals surface area contributed by atoms with Gasteiger partial charge >= 0.3 is 0 Å². The predicted molar refractivity (Wildman–Crippen MR) is 83.8 cm³/mol. The molecule has 2 rings (SSSR count). The molecule has 0 saturated heterocycles. The molecule has 0 fully saturated rings. The van der Waals surface area contributed by atoms with Crippen LogP contribution in [0.15, 0.2) is 39.1 Å². The van der Waals surface area contributed by atoms with Crippen LogP contribution in [0.1, 0.15) is 5.69 Å². The van der Waals surface area contributed by atoms with Gasteiger partial charge in [-0.2, -0.15) is 5.10 Å². The van der Waals surface area contributed by atoms with Crippen molar-refractivity contribution in [2.24, 2.45) is 7.05 Å². The van der Waals surface area contributed by atoms with Crippen molar-refractivity contribution in [3.05, 3.63) is 30.0 Å². The second-order valence-electron chi connectivity index (χ2n) is 4.84. The van der Waals surface area contributed by atoms with Crippen LogP contribution in [0.25, 0.3) is 0 Å². The molecule has 1 aromatic heterocycles. The molecule has 8 heteroatoms. The molecule has 21 heavy (non-hydrogen) atoms. The summed E-state index contributed by atoms with van der Waals surface area (Å²) in [5, 5.41) is 5.22. The van der Waals surface area contributed by atoms with Crippen LogP contribution in [0.3, 0.4) is 0 Å². The average molecular weight is 326 g/mol. The van der Waals surface area contributed by atoms with E-state index >= 15 is 0 Å². The third-order valence-electron chi connectivity index (χ3n) is 2.93. The number of rotatable bonds is 4. The van der Waals surface area contributed by atoms with Crippen LogP contribution in [0, 0.1) is 6.92 Å². The lowest BCUT2D eigenvalue weighted by Gasteiger charge is -2.13. The maximum absolute atomic E-state index is 12.1. The SMILES string of the molecule is Cc1cc(Sc2ccc(S(=O)(=O)N(C)C)cc2N)n(C)n1. The smallest absolute Gasteiger partial charge is 0.242 e. The van der Waals surface area contributed by atoms with E-state index in [9.17, 15) is 8.42 Å². The van der Waals surface area contributed by atoms with Crippen LogP contribution in [-0.2, 0) is 17.1 Å². The molecular formula is C13H18N4O2S2. The standard InChI is InChI=1S/C13H18N4O2S2/c1-9-7-13(17(4)15-9)20-12-6-5-10(8-11(12)14)21(18,19)16(2)3/h5-8H,14H2,1-4H3. The van der Waals surface area contributed by atoms with Crippen molar-refractivity contribution in [1.29, 1.82) is 0 Å². The number of nitrogens with two attached hydrogens (primary N) is 1. The molecule has 0 unspecified atom stereocenters. The van der Waals surface area contributed by atoms with Crippen molar-refractivity contribution < 1.29 is 8.42 Å². The Bertz CT molecular complexity index is 766. The van der Waals surface area contributed by atoms with Crippen molar-refractivity contribution in [3.63, 3.8) is 0 Å². The summed E-state index contributed by atoms with van der Waals surface area (Å²) in [4.78, 5) is 0.992. The van der Waals surface area contributed by atoms with Gasteiger partial charge in [0.15, 0.2) is 0 Å². The first-order valence-electron chi connectivity index (χ1n) is 6.22. The molecule has 1 aromatic carbocycles. The summed E-state index contributed by atoms with van der Waals surface area (Å²) in [5.74, 6) is 0. The highest BCUT2D eigenvalue weighted by molar-refractivity contribution is 7.99. The normalized spacial score (nSPS) is 12.0. The summed E-state index contributed by atoms with van der Waals surface area (Å²) < 4.78 is 27.1. The fraction of sp³-hybridized carbons (Fsp3) is 0.308. The molecule has 2 aromatic rings. The quantitative estimate of drug-likeness (QED) is 0.865. The number of nitrogens with zero attached hydrogens (tertiary/aromatic N) is 3. The first kappa shape index (κ1) is 15.9. The number of anilines is 1. The summed E-state index contributed by atoms with van der Waals surface area (Å²) in [6, 6.07) is 6.73. The Morgan fingerprint density at radius 1 is 1.29 bits per heavy atom. The monoisotopic (exact) mass is 326 g/mol. The summed E-state index contributed by atoms with van der Waals surface area (Å²) in [7, 11) is 1.38. The van der Waals surface area contributed by atoms with Crippen LogP contribution in [0.5, 0.6) is 0 Å². The van der Waals surface area contributed by atoms with E-state index in [1.807, 2.05) is 20.0 Å². The van der Waals surface area contributed by atoms with Gasteiger partial charge in [0.25, 0.3) is 0 Å². The molecule has 1 heterocycles. The largest absolute Gasteiger partial charge is 0.398 e. The van der Waals surface area contributed by atoms with Gasteiger partial charge in [0.05, 0.1) is 15.6 Å². The highest BCUT2D eigenvalue weighted by Gasteiger charge is 2.18. The first-order valence-corrected chi connectivity index (χ1v) is 8.48. The highest BCUT2D eigenvalue weighted by Crippen LogP contribution is 2.33. The van der Waals surface area contributed by atoms with Gasteiger partial charge in [0.1, 0.15) is 0 Å². The molecule has 0 radical (unpaired) electrons. The van der Waals surface area contributed by atoms with Crippen molar-refractivity contribution in [2.75, 3.05) is 19.8 Å². The number of aryl methyl sites for hydroxylation is 2. The van der Waals surface area contributed by atoms with Gasteiger partial charge in [0.2, 0.25) is 10.0 Å². The Balaban J connectivity index is 2.35. The Morgan fingerprint density at radius 2 is 1.95 bits per heavy atom. The number of nitrogen functional groups attached to an aromatic ring is 1. The Kier molecular flexibility index (Phi) is 4.31. The third kappa shape index (κ3) is 3.22. The van der Waals surface area contributed by atoms with Crippen LogP contribution in [0.4, 0.5) is 5.69 Å². The first-order chi connectivity index (χ1) is 9.71. The zero-order valence-corrected chi connectivity index (χ0v) is 14.0. The van der Waals surface area contributed by atoms with E-state index in [0.717, 1.165) is 15.6 Å². The number of aromatic nitrogens is 2. The van der Waals surface area contributed by atoms with Crippen molar-refractivity contribution >= 4 is 27.5 Å². The fourth-order valence-electron chi connectivity index (χ4n) is 1.79. The van der Waals surface area contributed by atoms with Crippen molar-refractivity contribution in [1.82, 2.24) is 14.1 Å². The summed E-state index contributed by atoms with van der Waals surface area (Å²) in [6.45, 7) is 1.92. The van der Waals surface area contributed by atoms with E-state index in [0.29, 0.717) is 5.69 Å². The maximum Gasteiger partial charge on any atom is 0.242 e. The second kappa shape index (κ2) is 5.70. The Morgan fingerprint density at radius 3 is 2.43 bits per heavy atom. The summed E-state index contributed by atoms with van der Waals surface area (Å²) in [5.41, 5.74) is 7.34. The molecule has 2 N–H and O–H groups in total. The number of sulfonamides is 1. The van der Waals surface area contributed by atoms with E-state index in [1.165, 1.54) is 36.2 Å². The molecule has 0 aliphatic rings. The second-order valence-corrected chi connectivity index (χ2v) is 8.05. The van der Waals surface area contributed by atoms with E-state index < -0.39 is 10.0 Å². The van der Waals surface area contributed by atoms with E-state index in [1.54, 1.807) is 16.8 Å². The minimum atomic E-state index is -3.47. The molecule has 0 aliphatic heterocycles. The lowest BCUT2D eigenvalue weighted by molar-refractivity contribution is 0.520. The minimum Gasteiger partial charge on any atom is -0.398 e. The summed E-state index contributed by atoms with van der Waals surface area (Å²) >= 11 is 1.46. The van der Waals surface area contributed by atoms with Gasteiger partial charge in [-0.25, -0.2) is 12.7 Å². The molecule has 0 spiro atoms.